The summed E-state index contributed by atoms with van der Waals surface area (Å²) in [4.78, 5) is 14.4. The van der Waals surface area contributed by atoms with Gasteiger partial charge in [-0.2, -0.15) is 0 Å². The predicted molar refractivity (Wildman–Crippen MR) is 92.1 cm³/mol. The molecule has 1 aliphatic heterocycles. The SMILES string of the molecule is COc1ccc(OC)c(N([C@@H](C)C(=O)N2CCCC2)S(C)(=O)=O)c1. The molecule has 0 N–H and O–H groups in total. The van der Waals surface area contributed by atoms with Crippen LogP contribution in [0.4, 0.5) is 5.69 Å². The van der Waals surface area contributed by atoms with E-state index in [1.807, 2.05) is 0 Å². The van der Waals surface area contributed by atoms with Gasteiger partial charge in [-0.25, -0.2) is 8.42 Å². The number of carbonyl (C=O) groups excluding carboxylic acids is 1. The summed E-state index contributed by atoms with van der Waals surface area (Å²) in [7, 11) is -0.747. The number of anilines is 1. The first kappa shape index (κ1) is 18.4. The van der Waals surface area contributed by atoms with Gasteiger partial charge in [-0.05, 0) is 31.9 Å². The summed E-state index contributed by atoms with van der Waals surface area (Å²) in [6.07, 6.45) is 2.97. The monoisotopic (exact) mass is 356 g/mol. The molecule has 0 bridgehead atoms. The molecule has 8 heteroatoms. The number of nitrogens with zero attached hydrogens (tertiary/aromatic N) is 2. The lowest BCUT2D eigenvalue weighted by atomic mass is 10.2. The van der Waals surface area contributed by atoms with Gasteiger partial charge in [0.2, 0.25) is 15.9 Å². The van der Waals surface area contributed by atoms with Crippen molar-refractivity contribution in [2.75, 3.05) is 37.9 Å². The zero-order valence-corrected chi connectivity index (χ0v) is 15.3. The van der Waals surface area contributed by atoms with Gasteiger partial charge in [0.05, 0.1) is 26.2 Å². The van der Waals surface area contributed by atoms with Gasteiger partial charge in [-0.1, -0.05) is 0 Å². The molecule has 134 valence electrons. The number of hydrogen-bond acceptors (Lipinski definition) is 5. The van der Waals surface area contributed by atoms with Crippen LogP contribution < -0.4 is 13.8 Å². The highest BCUT2D eigenvalue weighted by Crippen LogP contribution is 2.35. The quantitative estimate of drug-likeness (QED) is 0.772. The van der Waals surface area contributed by atoms with E-state index in [0.717, 1.165) is 23.4 Å². The van der Waals surface area contributed by atoms with Crippen LogP contribution in [-0.2, 0) is 14.8 Å². The molecule has 0 aromatic heterocycles. The summed E-state index contributed by atoms with van der Waals surface area (Å²) in [5, 5.41) is 0. The molecule has 0 radical (unpaired) electrons. The maximum atomic E-state index is 12.7. The van der Waals surface area contributed by atoms with Crippen LogP contribution in [0.25, 0.3) is 0 Å². The van der Waals surface area contributed by atoms with Gasteiger partial charge in [0, 0.05) is 19.2 Å². The number of likely N-dealkylation sites (tertiary alicyclic amines) is 1. The van der Waals surface area contributed by atoms with Crippen molar-refractivity contribution in [3.8, 4) is 11.5 Å². The summed E-state index contributed by atoms with van der Waals surface area (Å²) in [5.41, 5.74) is 0.291. The van der Waals surface area contributed by atoms with E-state index in [2.05, 4.69) is 0 Å². The Morgan fingerprint density at radius 3 is 2.33 bits per heavy atom. The van der Waals surface area contributed by atoms with Crippen LogP contribution >= 0.6 is 0 Å². The van der Waals surface area contributed by atoms with Crippen LogP contribution in [0.1, 0.15) is 19.8 Å². The zero-order chi connectivity index (χ0) is 17.9. The Kier molecular flexibility index (Phi) is 5.58. The number of methoxy groups -OCH3 is 2. The molecule has 2 rings (SSSR count). The minimum atomic E-state index is -3.70. The number of ether oxygens (including phenoxy) is 2. The zero-order valence-electron chi connectivity index (χ0n) is 14.5. The predicted octanol–water partition coefficient (Wildman–Crippen LogP) is 1.48. The second kappa shape index (κ2) is 7.29. The normalized spacial score (nSPS) is 15.9. The molecule has 24 heavy (non-hydrogen) atoms. The van der Waals surface area contributed by atoms with Gasteiger partial charge >= 0.3 is 0 Å². The average Bonchev–Trinajstić information content (AvgIpc) is 3.07. The Balaban J connectivity index is 2.47. The third-order valence-electron chi connectivity index (χ3n) is 4.11. The van der Waals surface area contributed by atoms with Crippen molar-refractivity contribution in [3.05, 3.63) is 18.2 Å². The number of hydrogen-bond donors (Lipinski definition) is 0. The van der Waals surface area contributed by atoms with Gasteiger partial charge in [0.15, 0.2) is 0 Å². The van der Waals surface area contributed by atoms with E-state index < -0.39 is 16.1 Å². The van der Waals surface area contributed by atoms with Crippen molar-refractivity contribution in [2.45, 2.75) is 25.8 Å². The summed E-state index contributed by atoms with van der Waals surface area (Å²) in [6, 6.07) is 4.00. The van der Waals surface area contributed by atoms with Crippen LogP contribution in [0.2, 0.25) is 0 Å². The lowest BCUT2D eigenvalue weighted by molar-refractivity contribution is -0.130. The van der Waals surface area contributed by atoms with E-state index in [-0.39, 0.29) is 5.91 Å². The number of sulfonamides is 1. The highest BCUT2D eigenvalue weighted by molar-refractivity contribution is 7.92. The number of carbonyl (C=O) groups is 1. The minimum Gasteiger partial charge on any atom is -0.497 e. The Labute approximate surface area is 143 Å². The van der Waals surface area contributed by atoms with Gasteiger partial charge in [-0.15, -0.1) is 0 Å². The maximum absolute atomic E-state index is 12.7. The summed E-state index contributed by atoms with van der Waals surface area (Å²) >= 11 is 0. The van der Waals surface area contributed by atoms with Crippen LogP contribution in [0.15, 0.2) is 18.2 Å². The molecular weight excluding hydrogens is 332 g/mol. The fraction of sp³-hybridized carbons (Fsp3) is 0.562. The fourth-order valence-electron chi connectivity index (χ4n) is 2.95. The smallest absolute Gasteiger partial charge is 0.246 e. The van der Waals surface area contributed by atoms with E-state index in [9.17, 15) is 13.2 Å². The Morgan fingerprint density at radius 2 is 1.83 bits per heavy atom. The third-order valence-corrected chi connectivity index (χ3v) is 5.34. The highest BCUT2D eigenvalue weighted by Gasteiger charge is 2.34. The molecule has 0 saturated carbocycles. The average molecular weight is 356 g/mol. The molecule has 1 aromatic rings. The van der Waals surface area contributed by atoms with E-state index in [0.29, 0.717) is 30.3 Å². The lowest BCUT2D eigenvalue weighted by Crippen LogP contribution is -2.48. The van der Waals surface area contributed by atoms with Crippen LogP contribution in [0, 0.1) is 0 Å². The van der Waals surface area contributed by atoms with Crippen LogP contribution in [0.3, 0.4) is 0 Å². The van der Waals surface area contributed by atoms with Crippen molar-refractivity contribution < 1.29 is 22.7 Å². The number of benzene rings is 1. The molecule has 0 spiro atoms. The fourth-order valence-corrected chi connectivity index (χ4v) is 4.11. The molecule has 1 atom stereocenters. The molecule has 0 aliphatic carbocycles. The molecule has 1 heterocycles. The molecule has 1 fully saturated rings. The number of amides is 1. The first-order chi connectivity index (χ1) is 11.3. The first-order valence-electron chi connectivity index (χ1n) is 7.79. The standard InChI is InChI=1S/C16H24N2O5S/c1-12(16(19)17-9-5-6-10-17)18(24(4,20)21)14-11-13(22-2)7-8-15(14)23-3/h7-8,11-12H,5-6,9-10H2,1-4H3/t12-/m0/s1. The van der Waals surface area contributed by atoms with E-state index in [4.69, 9.17) is 9.47 Å². The third kappa shape index (κ3) is 3.75. The van der Waals surface area contributed by atoms with E-state index in [1.165, 1.54) is 14.2 Å². The lowest BCUT2D eigenvalue weighted by Gasteiger charge is -2.32. The van der Waals surface area contributed by atoms with E-state index >= 15 is 0 Å². The summed E-state index contributed by atoms with van der Waals surface area (Å²) < 4.78 is 36.4. The van der Waals surface area contributed by atoms with E-state index in [1.54, 1.807) is 30.0 Å². The Morgan fingerprint density at radius 1 is 1.21 bits per heavy atom. The molecule has 7 nitrogen and oxygen atoms in total. The van der Waals surface area contributed by atoms with Crippen LogP contribution in [-0.4, -0.2) is 58.8 Å². The van der Waals surface area contributed by atoms with Crippen molar-refractivity contribution >= 4 is 21.6 Å². The van der Waals surface area contributed by atoms with Gasteiger partial charge in [0.1, 0.15) is 17.5 Å². The first-order valence-corrected chi connectivity index (χ1v) is 9.64. The van der Waals surface area contributed by atoms with Crippen molar-refractivity contribution in [1.82, 2.24) is 4.90 Å². The van der Waals surface area contributed by atoms with Crippen molar-refractivity contribution in [3.63, 3.8) is 0 Å². The Hall–Kier alpha value is -1.96. The summed E-state index contributed by atoms with van der Waals surface area (Å²) in [5.74, 6) is 0.644. The molecular formula is C16H24N2O5S. The minimum absolute atomic E-state index is 0.206. The summed E-state index contributed by atoms with van der Waals surface area (Å²) in [6.45, 7) is 2.92. The Bertz CT molecular complexity index is 698. The molecule has 1 aromatic carbocycles. The van der Waals surface area contributed by atoms with Gasteiger partial charge in [0.25, 0.3) is 0 Å². The van der Waals surface area contributed by atoms with Gasteiger partial charge < -0.3 is 14.4 Å². The molecule has 1 amide bonds. The molecule has 1 aliphatic rings. The molecule has 1 saturated heterocycles. The maximum Gasteiger partial charge on any atom is 0.246 e. The second-order valence-corrected chi connectivity index (χ2v) is 7.66. The number of rotatable bonds is 6. The van der Waals surface area contributed by atoms with Crippen molar-refractivity contribution in [2.24, 2.45) is 0 Å². The highest BCUT2D eigenvalue weighted by atomic mass is 32.2. The largest absolute Gasteiger partial charge is 0.497 e. The van der Waals surface area contributed by atoms with Crippen molar-refractivity contribution in [1.29, 1.82) is 0 Å². The second-order valence-electron chi connectivity index (χ2n) is 5.80. The van der Waals surface area contributed by atoms with Crippen LogP contribution in [0.5, 0.6) is 11.5 Å². The van der Waals surface area contributed by atoms with Gasteiger partial charge in [-0.3, -0.25) is 9.10 Å². The molecule has 0 unspecified atom stereocenters. The topological polar surface area (TPSA) is 76.2 Å².